The lowest BCUT2D eigenvalue weighted by Crippen LogP contribution is -2.64. The van der Waals surface area contributed by atoms with Gasteiger partial charge in [-0.1, -0.05) is 11.3 Å². The lowest BCUT2D eigenvalue weighted by atomic mass is 9.95. The van der Waals surface area contributed by atoms with Crippen molar-refractivity contribution < 1.29 is 27.8 Å². The summed E-state index contributed by atoms with van der Waals surface area (Å²) in [5, 5.41) is 3.80. The zero-order valence-corrected chi connectivity index (χ0v) is 22.4. The zero-order chi connectivity index (χ0) is 27.7. The smallest absolute Gasteiger partial charge is 0.242 e. The van der Waals surface area contributed by atoms with E-state index in [0.29, 0.717) is 40.2 Å². The molecule has 1 aromatic heterocycles. The van der Waals surface area contributed by atoms with Crippen LogP contribution in [0.15, 0.2) is 48.5 Å². The van der Waals surface area contributed by atoms with E-state index in [4.69, 9.17) is 20.2 Å². The molecule has 1 aliphatic heterocycles. The maximum Gasteiger partial charge on any atom is 0.242 e. The van der Waals surface area contributed by atoms with Crippen molar-refractivity contribution in [3.63, 3.8) is 0 Å². The van der Waals surface area contributed by atoms with E-state index in [2.05, 4.69) is 5.32 Å². The first-order valence-corrected chi connectivity index (χ1v) is 12.9. The molecule has 1 fully saturated rings. The fourth-order valence-corrected chi connectivity index (χ4v) is 5.10. The minimum absolute atomic E-state index is 0.266. The van der Waals surface area contributed by atoms with Crippen molar-refractivity contribution >= 4 is 23.2 Å². The topological polar surface area (TPSA) is 107 Å². The number of nitrogens with two attached hydrogens (primary N) is 1. The second kappa shape index (κ2) is 10.8. The summed E-state index contributed by atoms with van der Waals surface area (Å²) in [5.74, 6) is -1.38. The number of carbonyl (C=O) groups excluding carboxylic acids is 2. The van der Waals surface area contributed by atoms with E-state index >= 15 is 0 Å². The molecule has 11 heteroatoms. The van der Waals surface area contributed by atoms with Crippen LogP contribution in [0.1, 0.15) is 38.7 Å². The zero-order valence-electron chi connectivity index (χ0n) is 21.6. The number of primary amides is 1. The van der Waals surface area contributed by atoms with E-state index in [1.165, 1.54) is 47.7 Å². The molecule has 202 valence electrons. The number of halogens is 2. The van der Waals surface area contributed by atoms with Gasteiger partial charge in [-0.05, 0) is 76.2 Å². The van der Waals surface area contributed by atoms with E-state index in [1.54, 1.807) is 39.8 Å². The van der Waals surface area contributed by atoms with Crippen LogP contribution in [0.3, 0.4) is 0 Å². The molecule has 38 heavy (non-hydrogen) atoms. The second-order valence-electron chi connectivity index (χ2n) is 10.0. The predicted molar refractivity (Wildman–Crippen MR) is 140 cm³/mol. The highest BCUT2D eigenvalue weighted by molar-refractivity contribution is 7.14. The molecule has 2 heterocycles. The Balaban J connectivity index is 1.71. The number of morpholine rings is 1. The molecule has 1 unspecified atom stereocenters. The van der Waals surface area contributed by atoms with Crippen LogP contribution in [0, 0.1) is 11.6 Å². The van der Waals surface area contributed by atoms with Gasteiger partial charge in [0.25, 0.3) is 0 Å². The molecule has 3 N–H and O–H groups in total. The monoisotopic (exact) mass is 544 g/mol. The third-order valence-corrected chi connectivity index (χ3v) is 7.52. The number of amides is 2. The van der Waals surface area contributed by atoms with E-state index in [0.717, 1.165) is 0 Å². The summed E-state index contributed by atoms with van der Waals surface area (Å²) in [4.78, 5) is 32.0. The van der Waals surface area contributed by atoms with E-state index < -0.39 is 28.8 Å². The number of ether oxygens (including phenoxy) is 2. The van der Waals surface area contributed by atoms with Gasteiger partial charge in [0.1, 0.15) is 33.6 Å². The Morgan fingerprint density at radius 3 is 2.29 bits per heavy atom. The fourth-order valence-electron chi connectivity index (χ4n) is 4.04. The van der Waals surface area contributed by atoms with Gasteiger partial charge in [0, 0.05) is 12.1 Å². The fraction of sp³-hybridized carbons (Fsp3) is 0.370. The molecule has 0 radical (unpaired) electrons. The van der Waals surface area contributed by atoms with Crippen molar-refractivity contribution in [1.82, 2.24) is 15.2 Å². The molecule has 0 bridgehead atoms. The van der Waals surface area contributed by atoms with Gasteiger partial charge >= 0.3 is 0 Å². The van der Waals surface area contributed by atoms with Crippen molar-refractivity contribution in [3.8, 4) is 22.1 Å². The van der Waals surface area contributed by atoms with Crippen LogP contribution >= 0.6 is 11.3 Å². The molecule has 0 aliphatic carbocycles. The molecule has 1 atom stereocenters. The number of benzene rings is 2. The number of nitrogens with zero attached hydrogens (tertiary/aromatic N) is 2. The van der Waals surface area contributed by atoms with Gasteiger partial charge in [0.2, 0.25) is 16.9 Å². The summed E-state index contributed by atoms with van der Waals surface area (Å²) in [6.07, 6.45) is 0. The number of rotatable bonds is 8. The number of aromatic nitrogens is 1. The van der Waals surface area contributed by atoms with Crippen LogP contribution in [-0.4, -0.2) is 52.5 Å². The van der Waals surface area contributed by atoms with Crippen LogP contribution in [0.4, 0.5) is 8.78 Å². The number of hydrogen-bond acceptors (Lipinski definition) is 7. The summed E-state index contributed by atoms with van der Waals surface area (Å²) in [6.45, 7) is 7.74. The standard InChI is InChI=1S/C27H30F2N4O4S/c1-26(2,24(30)34)32-25(35)27(3,4)33-13-14-36-15-20(33)22-31-21(16-5-7-17(28)8-6-16)23(38-22)37-19-11-9-18(29)10-12-19/h5-12,20H,13-15H2,1-4H3,(H2,30,34)(H,32,35). The molecule has 2 amide bonds. The molecular formula is C27H30F2N4O4S. The minimum Gasteiger partial charge on any atom is -0.444 e. The van der Waals surface area contributed by atoms with Gasteiger partial charge in [-0.3, -0.25) is 14.5 Å². The summed E-state index contributed by atoms with van der Waals surface area (Å²) in [7, 11) is 0. The Morgan fingerprint density at radius 1 is 1.08 bits per heavy atom. The maximum absolute atomic E-state index is 13.6. The normalized spacial score (nSPS) is 16.7. The molecule has 0 saturated carbocycles. The number of nitrogens with one attached hydrogen (secondary N) is 1. The van der Waals surface area contributed by atoms with Crippen LogP contribution in [0.25, 0.3) is 11.3 Å². The highest BCUT2D eigenvalue weighted by Crippen LogP contribution is 2.43. The van der Waals surface area contributed by atoms with Gasteiger partial charge < -0.3 is 20.5 Å². The average Bonchev–Trinajstić information content (AvgIpc) is 3.29. The van der Waals surface area contributed by atoms with Crippen LogP contribution < -0.4 is 15.8 Å². The van der Waals surface area contributed by atoms with Crippen molar-refractivity contribution in [2.45, 2.75) is 44.8 Å². The summed E-state index contributed by atoms with van der Waals surface area (Å²) in [6, 6.07) is 11.0. The quantitative estimate of drug-likeness (QED) is 0.435. The maximum atomic E-state index is 13.6. The highest BCUT2D eigenvalue weighted by Gasteiger charge is 2.44. The number of thiazole rings is 1. The minimum atomic E-state index is -1.23. The third-order valence-electron chi connectivity index (χ3n) is 6.48. The van der Waals surface area contributed by atoms with Gasteiger partial charge in [-0.2, -0.15) is 0 Å². The number of carbonyl (C=O) groups is 2. The van der Waals surface area contributed by atoms with Crippen LogP contribution in [0.2, 0.25) is 0 Å². The van der Waals surface area contributed by atoms with E-state index in [9.17, 15) is 18.4 Å². The van der Waals surface area contributed by atoms with Gasteiger partial charge in [0.15, 0.2) is 0 Å². The van der Waals surface area contributed by atoms with Crippen LogP contribution in [0.5, 0.6) is 10.8 Å². The van der Waals surface area contributed by atoms with E-state index in [1.807, 2.05) is 4.90 Å². The van der Waals surface area contributed by atoms with Crippen molar-refractivity contribution in [2.24, 2.45) is 5.73 Å². The molecule has 4 rings (SSSR count). The summed E-state index contributed by atoms with van der Waals surface area (Å²) in [5.41, 5.74) is 4.29. The van der Waals surface area contributed by atoms with Gasteiger partial charge in [-0.25, -0.2) is 13.8 Å². The SMILES string of the molecule is CC(C)(NC(=O)C(C)(C)N1CCOCC1c1nc(-c2ccc(F)cc2)c(Oc2ccc(F)cc2)s1)C(N)=O. The summed E-state index contributed by atoms with van der Waals surface area (Å²) < 4.78 is 38.9. The van der Waals surface area contributed by atoms with Crippen LogP contribution in [-0.2, 0) is 14.3 Å². The molecule has 1 aliphatic rings. The molecule has 1 saturated heterocycles. The molecule has 2 aromatic carbocycles. The van der Waals surface area contributed by atoms with Crippen molar-refractivity contribution in [3.05, 3.63) is 65.2 Å². The lowest BCUT2D eigenvalue weighted by molar-refractivity contribution is -0.143. The number of hydrogen-bond donors (Lipinski definition) is 2. The van der Waals surface area contributed by atoms with Gasteiger partial charge in [-0.15, -0.1) is 0 Å². The Labute approximate surface area is 223 Å². The van der Waals surface area contributed by atoms with Crippen molar-refractivity contribution in [2.75, 3.05) is 19.8 Å². The third kappa shape index (κ3) is 5.85. The largest absolute Gasteiger partial charge is 0.444 e. The molecule has 3 aromatic rings. The summed E-state index contributed by atoms with van der Waals surface area (Å²) >= 11 is 1.27. The molecular weight excluding hydrogens is 514 g/mol. The van der Waals surface area contributed by atoms with E-state index in [-0.39, 0.29) is 18.3 Å². The molecule has 0 spiro atoms. The Bertz CT molecular complexity index is 1310. The second-order valence-corrected chi connectivity index (χ2v) is 11.0. The first-order valence-electron chi connectivity index (χ1n) is 12.1. The predicted octanol–water partition coefficient (Wildman–Crippen LogP) is 4.41. The highest BCUT2D eigenvalue weighted by atomic mass is 32.1. The Kier molecular flexibility index (Phi) is 7.82. The average molecular weight is 545 g/mol. The Hall–Kier alpha value is -3.41. The first-order chi connectivity index (χ1) is 17.9. The molecule has 8 nitrogen and oxygen atoms in total. The van der Waals surface area contributed by atoms with Gasteiger partial charge in [0.05, 0.1) is 24.8 Å². The lowest BCUT2D eigenvalue weighted by Gasteiger charge is -2.45. The first kappa shape index (κ1) is 27.6. The Morgan fingerprint density at radius 2 is 1.68 bits per heavy atom. The van der Waals surface area contributed by atoms with Crippen molar-refractivity contribution in [1.29, 1.82) is 0 Å².